The topological polar surface area (TPSA) is 160 Å². The Morgan fingerprint density at radius 3 is 2.70 bits per heavy atom. The third-order valence-corrected chi connectivity index (χ3v) is 4.78. The molecule has 1 unspecified atom stereocenters. The van der Waals surface area contributed by atoms with Gasteiger partial charge < -0.3 is 16.3 Å². The van der Waals surface area contributed by atoms with Gasteiger partial charge in [0.25, 0.3) is 10.0 Å². The van der Waals surface area contributed by atoms with E-state index >= 15 is 0 Å². The number of nitrogens with two attached hydrogens (primary N) is 1. The van der Waals surface area contributed by atoms with E-state index in [1.165, 1.54) is 6.92 Å². The Bertz CT molecular complexity index is 610. The Kier molecular flexibility index (Phi) is 5.35. The molecule has 0 radical (unpaired) electrons. The number of oxime groups is 1. The zero-order valence-corrected chi connectivity index (χ0v) is 12.3. The number of nitrogens with one attached hydrogen (secondary N) is 2. The van der Waals surface area contributed by atoms with E-state index in [1.807, 2.05) is 0 Å². The van der Waals surface area contributed by atoms with E-state index in [9.17, 15) is 13.2 Å². The minimum Gasteiger partial charge on any atom is -0.409 e. The van der Waals surface area contributed by atoms with Crippen LogP contribution in [0.5, 0.6) is 0 Å². The molecule has 0 aromatic carbocycles. The molecule has 0 saturated heterocycles. The normalized spacial score (nSPS) is 14.0. The largest absolute Gasteiger partial charge is 0.409 e. The molecule has 0 spiro atoms. The van der Waals surface area contributed by atoms with E-state index < -0.39 is 16.1 Å². The highest BCUT2D eigenvalue weighted by atomic mass is 32.2. The van der Waals surface area contributed by atoms with Crippen LogP contribution in [0.4, 0.5) is 5.13 Å². The molecule has 0 aliphatic heterocycles. The Labute approximate surface area is 119 Å². The van der Waals surface area contributed by atoms with Gasteiger partial charge in [0.15, 0.2) is 5.84 Å². The van der Waals surface area contributed by atoms with E-state index in [4.69, 9.17) is 10.9 Å². The number of rotatable bonds is 6. The van der Waals surface area contributed by atoms with Crippen molar-refractivity contribution in [3.05, 3.63) is 0 Å². The quantitative estimate of drug-likeness (QED) is 0.177. The molecule has 1 amide bonds. The molecule has 12 heteroatoms. The summed E-state index contributed by atoms with van der Waals surface area (Å²) in [6, 6.07) is -0.863. The van der Waals surface area contributed by atoms with Gasteiger partial charge in [-0.2, -0.15) is 4.72 Å². The summed E-state index contributed by atoms with van der Waals surface area (Å²) in [4.78, 5) is 10.8. The first-order chi connectivity index (χ1) is 9.30. The summed E-state index contributed by atoms with van der Waals surface area (Å²) in [7, 11) is -3.97. The second-order valence-corrected chi connectivity index (χ2v) is 6.53. The monoisotopic (exact) mass is 322 g/mol. The van der Waals surface area contributed by atoms with Gasteiger partial charge >= 0.3 is 0 Å². The number of aromatic nitrogens is 2. The highest BCUT2D eigenvalue weighted by Crippen LogP contribution is 2.20. The minimum absolute atomic E-state index is 0.0646. The van der Waals surface area contributed by atoms with Gasteiger partial charge in [0.05, 0.1) is 6.04 Å². The molecule has 20 heavy (non-hydrogen) atoms. The van der Waals surface area contributed by atoms with Gasteiger partial charge in [-0.1, -0.05) is 23.4 Å². The molecule has 1 aromatic heterocycles. The smallest absolute Gasteiger partial charge is 0.270 e. The number of anilines is 1. The Balaban J connectivity index is 2.93. The standard InChI is InChI=1S/C8H14N6O4S2/c1-3-5(6(9)13-16)14-20(17,18)8-12-11-7(19-8)10-4(2)15/h5,14,16H,3H2,1-2H3,(H2,9,13)(H,10,11,15). The van der Waals surface area contributed by atoms with E-state index in [-0.39, 0.29) is 27.6 Å². The molecule has 0 saturated carbocycles. The molecule has 0 aliphatic rings. The molecule has 5 N–H and O–H groups in total. The lowest BCUT2D eigenvalue weighted by Crippen LogP contribution is -2.44. The summed E-state index contributed by atoms with van der Waals surface area (Å²) in [5, 5.41) is 20.7. The van der Waals surface area contributed by atoms with Crippen LogP contribution in [0.3, 0.4) is 0 Å². The van der Waals surface area contributed by atoms with Crippen LogP contribution in [-0.4, -0.2) is 41.6 Å². The van der Waals surface area contributed by atoms with E-state index in [2.05, 4.69) is 25.4 Å². The fourth-order valence-corrected chi connectivity index (χ4v) is 3.43. The van der Waals surface area contributed by atoms with Crippen LogP contribution in [0.25, 0.3) is 0 Å². The van der Waals surface area contributed by atoms with Crippen LogP contribution in [-0.2, 0) is 14.8 Å². The first-order valence-electron chi connectivity index (χ1n) is 5.41. The van der Waals surface area contributed by atoms with Gasteiger partial charge in [0.2, 0.25) is 15.4 Å². The maximum absolute atomic E-state index is 12.0. The third kappa shape index (κ3) is 4.11. The number of hydrogen-bond acceptors (Lipinski definition) is 8. The molecule has 10 nitrogen and oxygen atoms in total. The maximum Gasteiger partial charge on any atom is 0.270 e. The summed E-state index contributed by atoms with van der Waals surface area (Å²) < 4.78 is 25.9. The first kappa shape index (κ1) is 16.3. The second kappa shape index (κ2) is 6.58. The SMILES string of the molecule is CCC(NS(=O)(=O)c1nnc(NC(C)=O)s1)C(N)=NO. The van der Waals surface area contributed by atoms with Crippen molar-refractivity contribution in [2.45, 2.75) is 30.6 Å². The van der Waals surface area contributed by atoms with E-state index in [0.717, 1.165) is 0 Å². The van der Waals surface area contributed by atoms with Crippen molar-refractivity contribution in [1.29, 1.82) is 0 Å². The van der Waals surface area contributed by atoms with Crippen LogP contribution in [0.15, 0.2) is 9.50 Å². The molecule has 0 aliphatic carbocycles. The van der Waals surface area contributed by atoms with Crippen LogP contribution >= 0.6 is 11.3 Å². The summed E-state index contributed by atoms with van der Waals surface area (Å²) in [6.07, 6.45) is 0.284. The molecular formula is C8H14N6O4S2. The van der Waals surface area contributed by atoms with Gasteiger partial charge in [-0.25, -0.2) is 8.42 Å². The van der Waals surface area contributed by atoms with Crippen molar-refractivity contribution in [3.8, 4) is 0 Å². The Morgan fingerprint density at radius 2 is 2.20 bits per heavy atom. The van der Waals surface area contributed by atoms with Gasteiger partial charge in [-0.05, 0) is 6.42 Å². The highest BCUT2D eigenvalue weighted by molar-refractivity contribution is 7.91. The molecule has 0 fully saturated rings. The van der Waals surface area contributed by atoms with Crippen molar-refractivity contribution in [3.63, 3.8) is 0 Å². The molecule has 1 atom stereocenters. The van der Waals surface area contributed by atoms with Crippen LogP contribution in [0.1, 0.15) is 20.3 Å². The van der Waals surface area contributed by atoms with Crippen molar-refractivity contribution in [2.24, 2.45) is 10.9 Å². The van der Waals surface area contributed by atoms with E-state index in [0.29, 0.717) is 11.3 Å². The highest BCUT2D eigenvalue weighted by Gasteiger charge is 2.25. The number of amidine groups is 1. The van der Waals surface area contributed by atoms with E-state index in [1.54, 1.807) is 6.92 Å². The minimum atomic E-state index is -3.97. The van der Waals surface area contributed by atoms with Gasteiger partial charge in [0, 0.05) is 6.92 Å². The maximum atomic E-state index is 12.0. The summed E-state index contributed by atoms with van der Waals surface area (Å²) in [5.74, 6) is -0.649. The van der Waals surface area contributed by atoms with Gasteiger partial charge in [0.1, 0.15) is 0 Å². The molecule has 1 heterocycles. The average molecular weight is 322 g/mol. The Morgan fingerprint density at radius 1 is 1.55 bits per heavy atom. The summed E-state index contributed by atoms with van der Waals surface area (Å²) >= 11 is 0.692. The van der Waals surface area contributed by atoms with Gasteiger partial charge in [-0.3, -0.25) is 4.79 Å². The van der Waals surface area contributed by atoms with Crippen molar-refractivity contribution in [1.82, 2.24) is 14.9 Å². The zero-order valence-electron chi connectivity index (χ0n) is 10.7. The van der Waals surface area contributed by atoms with Crippen LogP contribution < -0.4 is 15.8 Å². The predicted octanol–water partition coefficient (Wildman–Crippen LogP) is -0.700. The Hall–Kier alpha value is -1.79. The fourth-order valence-electron chi connectivity index (χ4n) is 1.18. The number of carbonyl (C=O) groups excluding carboxylic acids is 1. The van der Waals surface area contributed by atoms with Crippen LogP contribution in [0, 0.1) is 0 Å². The lowest BCUT2D eigenvalue weighted by Gasteiger charge is -2.13. The summed E-state index contributed by atoms with van der Waals surface area (Å²) in [5.41, 5.74) is 5.37. The average Bonchev–Trinajstić information content (AvgIpc) is 2.83. The van der Waals surface area contributed by atoms with Crippen molar-refractivity contribution in [2.75, 3.05) is 5.32 Å². The molecule has 112 valence electrons. The molecular weight excluding hydrogens is 308 g/mol. The molecule has 1 rings (SSSR count). The van der Waals surface area contributed by atoms with Crippen molar-refractivity contribution < 1.29 is 18.4 Å². The zero-order chi connectivity index (χ0) is 15.3. The lowest BCUT2D eigenvalue weighted by molar-refractivity contribution is -0.114. The number of nitrogens with zero attached hydrogens (tertiary/aromatic N) is 3. The number of hydrogen-bond donors (Lipinski definition) is 4. The van der Waals surface area contributed by atoms with Crippen molar-refractivity contribution >= 4 is 38.2 Å². The number of sulfonamides is 1. The summed E-state index contributed by atoms with van der Waals surface area (Å²) in [6.45, 7) is 2.92. The first-order valence-corrected chi connectivity index (χ1v) is 7.71. The lowest BCUT2D eigenvalue weighted by atomic mass is 10.2. The molecule has 0 bridgehead atoms. The number of amides is 1. The fraction of sp³-hybridized carbons (Fsp3) is 0.500. The molecule has 1 aromatic rings. The predicted molar refractivity (Wildman–Crippen MR) is 72.0 cm³/mol. The second-order valence-electron chi connectivity index (χ2n) is 3.66. The van der Waals surface area contributed by atoms with Crippen LogP contribution in [0.2, 0.25) is 0 Å². The number of carbonyl (C=O) groups is 1. The third-order valence-electron chi connectivity index (χ3n) is 2.10. The van der Waals surface area contributed by atoms with Gasteiger partial charge in [-0.15, -0.1) is 10.2 Å².